The van der Waals surface area contributed by atoms with E-state index in [1.165, 1.54) is 30.4 Å². The second-order valence-corrected chi connectivity index (χ2v) is 6.33. The van der Waals surface area contributed by atoms with Gasteiger partial charge in [0.05, 0.1) is 0 Å². The molecule has 0 aliphatic heterocycles. The molecule has 2 atom stereocenters. The van der Waals surface area contributed by atoms with Crippen molar-refractivity contribution < 1.29 is 4.74 Å². The van der Waals surface area contributed by atoms with E-state index >= 15 is 0 Å². The SMILES string of the molecule is NCC1CCCC1NCc1ccc(OCc2ccccc2)cc1. The topological polar surface area (TPSA) is 47.3 Å². The van der Waals surface area contributed by atoms with Crippen LogP contribution < -0.4 is 15.8 Å². The lowest BCUT2D eigenvalue weighted by Crippen LogP contribution is -2.35. The van der Waals surface area contributed by atoms with E-state index in [-0.39, 0.29) is 0 Å². The Kier molecular flexibility index (Phi) is 5.67. The quantitative estimate of drug-likeness (QED) is 0.823. The first kappa shape index (κ1) is 16.0. The molecule has 1 fully saturated rings. The van der Waals surface area contributed by atoms with Crippen molar-refractivity contribution in [3.63, 3.8) is 0 Å². The number of hydrogen-bond acceptors (Lipinski definition) is 3. The van der Waals surface area contributed by atoms with Gasteiger partial charge in [0, 0.05) is 12.6 Å². The summed E-state index contributed by atoms with van der Waals surface area (Å²) in [6.45, 7) is 2.31. The number of benzene rings is 2. The van der Waals surface area contributed by atoms with Crippen LogP contribution in [0, 0.1) is 5.92 Å². The van der Waals surface area contributed by atoms with E-state index in [9.17, 15) is 0 Å². The normalized spacial score (nSPS) is 20.6. The van der Waals surface area contributed by atoms with Crippen LogP contribution in [0.2, 0.25) is 0 Å². The predicted molar refractivity (Wildman–Crippen MR) is 94.2 cm³/mol. The molecule has 3 heteroatoms. The van der Waals surface area contributed by atoms with Crippen LogP contribution in [-0.2, 0) is 13.2 Å². The van der Waals surface area contributed by atoms with Crippen molar-refractivity contribution in [2.24, 2.45) is 11.7 Å². The molecule has 2 aromatic rings. The smallest absolute Gasteiger partial charge is 0.119 e. The zero-order chi connectivity index (χ0) is 15.9. The third kappa shape index (κ3) is 4.57. The van der Waals surface area contributed by atoms with Gasteiger partial charge in [-0.15, -0.1) is 0 Å². The van der Waals surface area contributed by atoms with Gasteiger partial charge >= 0.3 is 0 Å². The summed E-state index contributed by atoms with van der Waals surface area (Å²) in [6.07, 6.45) is 3.81. The summed E-state index contributed by atoms with van der Waals surface area (Å²) in [7, 11) is 0. The van der Waals surface area contributed by atoms with Crippen LogP contribution in [0.5, 0.6) is 5.75 Å². The summed E-state index contributed by atoms with van der Waals surface area (Å²) in [6, 6.07) is 19.2. The molecule has 3 nitrogen and oxygen atoms in total. The number of ether oxygens (including phenoxy) is 1. The van der Waals surface area contributed by atoms with Crippen molar-refractivity contribution in [1.82, 2.24) is 5.32 Å². The van der Waals surface area contributed by atoms with Crippen molar-refractivity contribution in [2.75, 3.05) is 6.54 Å². The number of nitrogens with one attached hydrogen (secondary N) is 1. The minimum Gasteiger partial charge on any atom is -0.489 e. The molecule has 2 aromatic carbocycles. The fourth-order valence-corrected chi connectivity index (χ4v) is 3.28. The largest absolute Gasteiger partial charge is 0.489 e. The van der Waals surface area contributed by atoms with E-state index in [2.05, 4.69) is 41.7 Å². The maximum absolute atomic E-state index is 5.84. The molecular formula is C20H26N2O. The summed E-state index contributed by atoms with van der Waals surface area (Å²) >= 11 is 0. The van der Waals surface area contributed by atoms with E-state index in [4.69, 9.17) is 10.5 Å². The molecule has 1 aliphatic carbocycles. The summed E-state index contributed by atoms with van der Waals surface area (Å²) in [5, 5.41) is 3.66. The highest BCUT2D eigenvalue weighted by Gasteiger charge is 2.25. The summed E-state index contributed by atoms with van der Waals surface area (Å²) in [5.74, 6) is 1.56. The van der Waals surface area contributed by atoms with Crippen LogP contribution in [0.1, 0.15) is 30.4 Å². The Labute approximate surface area is 138 Å². The monoisotopic (exact) mass is 310 g/mol. The van der Waals surface area contributed by atoms with Crippen LogP contribution >= 0.6 is 0 Å². The molecule has 0 saturated heterocycles. The van der Waals surface area contributed by atoms with Crippen molar-refractivity contribution in [3.8, 4) is 5.75 Å². The zero-order valence-electron chi connectivity index (χ0n) is 13.6. The third-order valence-corrected chi connectivity index (χ3v) is 4.70. The van der Waals surface area contributed by atoms with Crippen molar-refractivity contribution in [2.45, 2.75) is 38.5 Å². The summed E-state index contributed by atoms with van der Waals surface area (Å²) in [4.78, 5) is 0. The minimum absolute atomic E-state index is 0.578. The van der Waals surface area contributed by atoms with E-state index in [0.717, 1.165) is 18.8 Å². The molecule has 3 N–H and O–H groups in total. The Bertz CT molecular complexity index is 582. The first-order valence-corrected chi connectivity index (χ1v) is 8.54. The molecule has 0 amide bonds. The molecule has 0 heterocycles. The minimum atomic E-state index is 0.578. The Balaban J connectivity index is 1.47. The highest BCUT2D eigenvalue weighted by molar-refractivity contribution is 5.27. The Morgan fingerprint density at radius 2 is 1.74 bits per heavy atom. The van der Waals surface area contributed by atoms with Crippen molar-refractivity contribution >= 4 is 0 Å². The molecule has 23 heavy (non-hydrogen) atoms. The first-order valence-electron chi connectivity index (χ1n) is 8.54. The Morgan fingerprint density at radius 1 is 0.957 bits per heavy atom. The molecule has 3 rings (SSSR count). The van der Waals surface area contributed by atoms with Gasteiger partial charge in [0.1, 0.15) is 12.4 Å². The van der Waals surface area contributed by atoms with E-state index < -0.39 is 0 Å². The standard InChI is InChI=1S/C20H26N2O/c21-13-18-7-4-8-20(18)22-14-16-9-11-19(12-10-16)23-15-17-5-2-1-3-6-17/h1-3,5-6,9-12,18,20,22H,4,7-8,13-15,21H2. The van der Waals surface area contributed by atoms with E-state index in [1.807, 2.05) is 18.2 Å². The Morgan fingerprint density at radius 3 is 2.48 bits per heavy atom. The number of rotatable bonds is 7. The molecule has 122 valence electrons. The van der Waals surface area contributed by atoms with Crippen LogP contribution in [0.15, 0.2) is 54.6 Å². The van der Waals surface area contributed by atoms with Crippen molar-refractivity contribution in [1.29, 1.82) is 0 Å². The van der Waals surface area contributed by atoms with Gasteiger partial charge in [-0.3, -0.25) is 0 Å². The molecule has 0 bridgehead atoms. The molecule has 2 unspecified atom stereocenters. The van der Waals surface area contributed by atoms with Gasteiger partial charge in [0.25, 0.3) is 0 Å². The lowest BCUT2D eigenvalue weighted by molar-refractivity contribution is 0.306. The molecule has 0 spiro atoms. The van der Waals surface area contributed by atoms with Crippen molar-refractivity contribution in [3.05, 3.63) is 65.7 Å². The lowest BCUT2D eigenvalue weighted by Gasteiger charge is -2.19. The van der Waals surface area contributed by atoms with Gasteiger partial charge in [0.15, 0.2) is 0 Å². The fourth-order valence-electron chi connectivity index (χ4n) is 3.28. The zero-order valence-corrected chi connectivity index (χ0v) is 13.6. The highest BCUT2D eigenvalue weighted by Crippen LogP contribution is 2.25. The van der Waals surface area contributed by atoms with Gasteiger partial charge in [-0.2, -0.15) is 0 Å². The molecule has 1 aliphatic rings. The number of nitrogens with two attached hydrogens (primary N) is 1. The summed E-state index contributed by atoms with van der Waals surface area (Å²) in [5.41, 5.74) is 8.32. The third-order valence-electron chi connectivity index (χ3n) is 4.70. The maximum Gasteiger partial charge on any atom is 0.119 e. The molecule has 0 radical (unpaired) electrons. The number of hydrogen-bond donors (Lipinski definition) is 2. The maximum atomic E-state index is 5.84. The van der Waals surface area contributed by atoms with Gasteiger partial charge in [-0.1, -0.05) is 48.9 Å². The molecular weight excluding hydrogens is 284 g/mol. The average Bonchev–Trinajstić information content (AvgIpc) is 3.07. The van der Waals surface area contributed by atoms with Crippen LogP contribution in [-0.4, -0.2) is 12.6 Å². The van der Waals surface area contributed by atoms with Crippen LogP contribution in [0.4, 0.5) is 0 Å². The molecule has 1 saturated carbocycles. The lowest BCUT2D eigenvalue weighted by atomic mass is 10.0. The highest BCUT2D eigenvalue weighted by atomic mass is 16.5. The second-order valence-electron chi connectivity index (χ2n) is 6.33. The fraction of sp³-hybridized carbons (Fsp3) is 0.400. The first-order chi connectivity index (χ1) is 11.3. The van der Waals surface area contributed by atoms with E-state index in [0.29, 0.717) is 18.6 Å². The van der Waals surface area contributed by atoms with Crippen LogP contribution in [0.25, 0.3) is 0 Å². The van der Waals surface area contributed by atoms with Crippen LogP contribution in [0.3, 0.4) is 0 Å². The average molecular weight is 310 g/mol. The van der Waals surface area contributed by atoms with Gasteiger partial charge in [0.2, 0.25) is 0 Å². The second kappa shape index (κ2) is 8.14. The van der Waals surface area contributed by atoms with E-state index in [1.54, 1.807) is 0 Å². The molecule has 0 aromatic heterocycles. The predicted octanol–water partition coefficient (Wildman–Crippen LogP) is 3.48. The van der Waals surface area contributed by atoms with Gasteiger partial charge in [-0.25, -0.2) is 0 Å². The van der Waals surface area contributed by atoms with Gasteiger partial charge < -0.3 is 15.8 Å². The van der Waals surface area contributed by atoms with Gasteiger partial charge in [-0.05, 0) is 48.6 Å². The Hall–Kier alpha value is -1.84. The summed E-state index contributed by atoms with van der Waals surface area (Å²) < 4.78 is 5.82.